The van der Waals surface area contributed by atoms with Crippen molar-refractivity contribution in [2.24, 2.45) is 0 Å². The molecule has 10 N–H and O–H groups in total. The Morgan fingerprint density at radius 2 is 0.871 bits per heavy atom. The highest BCUT2D eigenvalue weighted by atomic mass is 16.7. The summed E-state index contributed by atoms with van der Waals surface area (Å²) in [6, 6.07) is 0. The fraction of sp³-hybridized carbons (Fsp3) is 0.860. The summed E-state index contributed by atoms with van der Waals surface area (Å²) < 4.78 is 41.6. The average Bonchev–Trinajstić information content (AvgIpc) is 2.15. The number of amides is 2. The third-order valence-corrected chi connectivity index (χ3v) is 14.4. The van der Waals surface area contributed by atoms with Gasteiger partial charge in [-0.25, -0.2) is 0 Å². The second kappa shape index (κ2) is 41.6. The van der Waals surface area contributed by atoms with Crippen LogP contribution in [-0.4, -0.2) is 266 Å². The fourth-order valence-corrected chi connectivity index (χ4v) is 9.53. The molecule has 18 atom stereocenters. The van der Waals surface area contributed by atoms with Gasteiger partial charge in [-0.05, 0) is 13.3 Å². The second-order valence-corrected chi connectivity index (χ2v) is 22.2. The zero-order chi connectivity index (χ0) is 64.7. The molecule has 0 bridgehead atoms. The molecule has 494 valence electrons. The van der Waals surface area contributed by atoms with Gasteiger partial charge in [0, 0.05) is 68.7 Å². The maximum atomic E-state index is 12.0. The Balaban J connectivity index is 0.000000585. The Labute approximate surface area is 498 Å². The first kappa shape index (κ1) is 78.5. The zero-order valence-electron chi connectivity index (χ0n) is 51.1. The van der Waals surface area contributed by atoms with Gasteiger partial charge in [-0.2, -0.15) is 0 Å². The van der Waals surface area contributed by atoms with Gasteiger partial charge in [0.25, 0.3) is 0 Å². The summed E-state index contributed by atoms with van der Waals surface area (Å²) in [7, 11) is 6.41. The molecule has 0 aromatic heterocycles. The molecule has 0 aliphatic carbocycles. The average molecular weight is 1230 g/mol. The van der Waals surface area contributed by atoms with Crippen LogP contribution in [0.2, 0.25) is 0 Å². The Bertz CT molecular complexity index is 2000. The van der Waals surface area contributed by atoms with Crippen molar-refractivity contribution in [2.75, 3.05) is 48.0 Å². The van der Waals surface area contributed by atoms with Crippen molar-refractivity contribution < 1.29 is 127 Å². The number of ketones is 1. The van der Waals surface area contributed by atoms with Gasteiger partial charge in [0.1, 0.15) is 79.5 Å². The van der Waals surface area contributed by atoms with Gasteiger partial charge in [-0.15, -0.1) is 0 Å². The van der Waals surface area contributed by atoms with Crippen molar-refractivity contribution in [3.63, 3.8) is 0 Å². The topological polar surface area (TPSA) is 419 Å². The molecule has 0 radical (unpaired) electrons. The molecule has 0 saturated carbocycles. The lowest BCUT2D eigenvalue weighted by atomic mass is 9.92. The molecule has 4 aliphatic rings. The van der Waals surface area contributed by atoms with Crippen LogP contribution in [0.15, 0.2) is 0 Å². The number of carboxylic acids is 1. The molecule has 85 heavy (non-hydrogen) atoms. The minimum absolute atomic E-state index is 0.00204. The van der Waals surface area contributed by atoms with E-state index in [1.54, 1.807) is 35.1 Å². The van der Waals surface area contributed by atoms with Crippen LogP contribution in [0.25, 0.3) is 0 Å². The number of rotatable bonds is 28. The largest absolute Gasteiger partial charge is 0.481 e. The lowest BCUT2D eigenvalue weighted by molar-refractivity contribution is -0.253. The SMILES string of the molecule is CC(=O)OC[C@H]1OC(CC(=O)O)[C@H](OC(C)=O)[C@@H](OC(C)=O)[C@@H]1OC(C)=O.CCCCCCCCCCCCCCCC(=O)C[C@H]1O[C@H](CO)[C@H](O)[C@H]1O.CN(C)C(=O)CC1OC[C@@H](O)[C@H](O)[C@H]1O.C[C@@H]1OC(CC(=O)N(C)C)[C@H](O)[C@H](O)[C@H]1O. The second-order valence-electron chi connectivity index (χ2n) is 22.2. The van der Waals surface area contributed by atoms with Crippen molar-refractivity contribution in [2.45, 2.75) is 267 Å². The van der Waals surface area contributed by atoms with E-state index in [1.165, 1.54) is 80.4 Å². The Hall–Kier alpha value is -4.56. The molecule has 4 rings (SSSR count). The smallest absolute Gasteiger partial charge is 0.306 e. The number of hydrogen-bond donors (Lipinski definition) is 10. The number of ether oxygens (including phenoxy) is 8. The zero-order valence-corrected chi connectivity index (χ0v) is 51.1. The predicted molar refractivity (Wildman–Crippen MR) is 299 cm³/mol. The maximum absolute atomic E-state index is 12.0. The van der Waals surface area contributed by atoms with E-state index in [1.807, 2.05) is 0 Å². The number of aliphatic hydroxyl groups excluding tert-OH is 9. The van der Waals surface area contributed by atoms with Crippen LogP contribution >= 0.6 is 0 Å². The number of esters is 4. The lowest BCUT2D eigenvalue weighted by Crippen LogP contribution is -2.62. The van der Waals surface area contributed by atoms with Crippen LogP contribution in [0.1, 0.15) is 157 Å². The number of carbonyl (C=O) groups excluding carboxylic acids is 7. The molecule has 4 fully saturated rings. The van der Waals surface area contributed by atoms with E-state index < -0.39 is 153 Å². The molecule has 3 unspecified atom stereocenters. The van der Waals surface area contributed by atoms with E-state index in [2.05, 4.69) is 6.92 Å². The summed E-state index contributed by atoms with van der Waals surface area (Å²) in [4.78, 5) is 94.3. The third-order valence-electron chi connectivity index (χ3n) is 14.4. The first-order valence-electron chi connectivity index (χ1n) is 29.3. The van der Waals surface area contributed by atoms with Gasteiger partial charge in [0.15, 0.2) is 18.3 Å². The summed E-state index contributed by atoms with van der Waals surface area (Å²) in [5.74, 6) is -4.56. The summed E-state index contributed by atoms with van der Waals surface area (Å²) in [6.45, 7) is 7.43. The minimum Gasteiger partial charge on any atom is -0.481 e. The highest BCUT2D eigenvalue weighted by Gasteiger charge is 2.53. The molecule has 0 spiro atoms. The van der Waals surface area contributed by atoms with Crippen molar-refractivity contribution in [3.8, 4) is 0 Å². The summed E-state index contributed by atoms with van der Waals surface area (Å²) in [5.41, 5.74) is 0. The van der Waals surface area contributed by atoms with Crippen molar-refractivity contribution in [3.05, 3.63) is 0 Å². The quantitative estimate of drug-likeness (QED) is 0.0275. The number of nitrogens with zero attached hydrogens (tertiary/aromatic N) is 2. The summed E-state index contributed by atoms with van der Waals surface area (Å²) in [5, 5.41) is 94.4. The van der Waals surface area contributed by atoms with Crippen molar-refractivity contribution in [1.29, 1.82) is 0 Å². The molecule has 28 nitrogen and oxygen atoms in total. The van der Waals surface area contributed by atoms with E-state index in [0.29, 0.717) is 6.42 Å². The maximum Gasteiger partial charge on any atom is 0.306 e. The summed E-state index contributed by atoms with van der Waals surface area (Å²) in [6.07, 6.45) is -2.75. The summed E-state index contributed by atoms with van der Waals surface area (Å²) >= 11 is 0. The Kier molecular flexibility index (Phi) is 38.4. The van der Waals surface area contributed by atoms with E-state index in [0.717, 1.165) is 40.5 Å². The van der Waals surface area contributed by atoms with Crippen LogP contribution in [0.5, 0.6) is 0 Å². The standard InChI is InChI=1S/C22H42O5.C16H22O11.C10H19NO5.C9H17NO5/c1-2-3-4-5-6-7-8-9-10-11-12-13-14-15-18(24)16-19-21(25)22(26)20(17-23)27-19;1-7(17)23-6-12-15(25-9(3)19)16(26-10(4)20)14(24-8(2)18)11(27-12)5-13(21)22;1-5-8(13)10(15)9(14)6(16-5)4-7(12)11(2)3;1-10(2)7(12)3-6-9(14)8(13)5(11)4-15-6/h19-23,25-26H,2-17H2,1H3;11-12,14-16H,5-6H2,1-4H3,(H,21,22);5-6,8-10,13-15H,4H2,1-3H3;5-6,8-9,11,13-14H,3-4H2,1-2H3/t19-,20-,21+,22+;11?,12-,14+,15-,16-;5-,6?,8-,9-,10+;5-,6?,8+,9+/m1101/s1. The Morgan fingerprint density at radius 1 is 0.459 bits per heavy atom. The van der Waals surface area contributed by atoms with E-state index in [-0.39, 0.29) is 50.1 Å². The van der Waals surface area contributed by atoms with Gasteiger partial charge in [-0.3, -0.25) is 38.4 Å². The Morgan fingerprint density at radius 3 is 1.32 bits per heavy atom. The number of aliphatic hydroxyl groups is 9. The van der Waals surface area contributed by atoms with Gasteiger partial charge in [-0.1, -0.05) is 84.0 Å². The minimum atomic E-state index is -1.35. The number of carboxylic acid groups (broad SMARTS) is 1. The molecular weight excluding hydrogens is 1130 g/mol. The number of carbonyl (C=O) groups is 8. The first-order valence-corrected chi connectivity index (χ1v) is 29.3. The van der Waals surface area contributed by atoms with Gasteiger partial charge < -0.3 is 98.8 Å². The van der Waals surface area contributed by atoms with Gasteiger partial charge in [0.05, 0.1) is 56.9 Å². The van der Waals surface area contributed by atoms with Gasteiger partial charge >= 0.3 is 29.8 Å². The third kappa shape index (κ3) is 29.8. The first-order chi connectivity index (χ1) is 39.9. The monoisotopic (exact) mass is 1230 g/mol. The van der Waals surface area contributed by atoms with Crippen LogP contribution in [0, 0.1) is 0 Å². The van der Waals surface area contributed by atoms with Crippen LogP contribution in [-0.2, 0) is 76.3 Å². The molecule has 4 saturated heterocycles. The number of aliphatic carboxylic acids is 1. The van der Waals surface area contributed by atoms with Crippen LogP contribution < -0.4 is 0 Å². The molecule has 4 aliphatic heterocycles. The highest BCUT2D eigenvalue weighted by Crippen LogP contribution is 2.31. The number of hydrogen-bond acceptors (Lipinski definition) is 25. The normalized spacial score (nSPS) is 30.5. The van der Waals surface area contributed by atoms with Gasteiger partial charge in [0.2, 0.25) is 11.8 Å². The van der Waals surface area contributed by atoms with E-state index in [9.17, 15) is 79.2 Å². The van der Waals surface area contributed by atoms with Crippen molar-refractivity contribution in [1.82, 2.24) is 9.80 Å². The predicted octanol–water partition coefficient (Wildman–Crippen LogP) is -0.224. The number of Topliss-reactive ketones (excluding diaryl/α,β-unsaturated/α-hetero) is 1. The molecule has 4 heterocycles. The van der Waals surface area contributed by atoms with E-state index in [4.69, 9.17) is 48.1 Å². The molecular formula is C57H100N2O26. The van der Waals surface area contributed by atoms with Crippen LogP contribution in [0.3, 0.4) is 0 Å². The number of unbranched alkanes of at least 4 members (excludes halogenated alkanes) is 12. The lowest BCUT2D eigenvalue weighted by Gasteiger charge is -2.44. The van der Waals surface area contributed by atoms with Crippen molar-refractivity contribution >= 4 is 47.4 Å². The fourth-order valence-electron chi connectivity index (χ4n) is 9.53. The molecule has 28 heteroatoms. The van der Waals surface area contributed by atoms with E-state index >= 15 is 0 Å². The molecule has 2 amide bonds. The molecule has 0 aromatic rings. The molecule has 0 aromatic carbocycles. The highest BCUT2D eigenvalue weighted by molar-refractivity contribution is 5.79. The van der Waals surface area contributed by atoms with Crippen LogP contribution in [0.4, 0.5) is 0 Å².